The van der Waals surface area contributed by atoms with Crippen LogP contribution in [-0.2, 0) is 4.74 Å². The number of hydrogen-bond acceptors (Lipinski definition) is 4. The van der Waals surface area contributed by atoms with Crippen molar-refractivity contribution in [1.29, 1.82) is 0 Å². The molecule has 0 radical (unpaired) electrons. The van der Waals surface area contributed by atoms with Crippen molar-refractivity contribution < 1.29 is 14.3 Å². The number of hydrogen-bond donors (Lipinski definition) is 0. The van der Waals surface area contributed by atoms with Gasteiger partial charge in [-0.2, -0.15) is 0 Å². The highest BCUT2D eigenvalue weighted by molar-refractivity contribution is 6.22. The Morgan fingerprint density at radius 2 is 1.80 bits per heavy atom. The van der Waals surface area contributed by atoms with Gasteiger partial charge in [0.1, 0.15) is 6.23 Å². The number of imide groups is 1. The number of anilines is 1. The minimum Gasteiger partial charge on any atom is -0.358 e. The molecule has 5 nitrogen and oxygen atoms in total. The molecule has 2 aromatic rings. The summed E-state index contributed by atoms with van der Waals surface area (Å²) in [6.07, 6.45) is 3.23. The van der Waals surface area contributed by atoms with Crippen molar-refractivity contribution in [2.75, 3.05) is 18.6 Å². The van der Waals surface area contributed by atoms with Crippen LogP contribution in [0, 0.1) is 6.92 Å². The van der Waals surface area contributed by atoms with Gasteiger partial charge in [0.2, 0.25) is 0 Å². The number of nitrogens with zero attached hydrogens (tertiary/aromatic N) is 2. The molecule has 2 aliphatic heterocycles. The van der Waals surface area contributed by atoms with E-state index in [0.29, 0.717) is 11.1 Å². The van der Waals surface area contributed by atoms with Gasteiger partial charge in [0.15, 0.2) is 0 Å². The van der Waals surface area contributed by atoms with E-state index in [2.05, 4.69) is 29.7 Å². The monoisotopic (exact) mass is 404 g/mol. The highest BCUT2D eigenvalue weighted by Crippen LogP contribution is 2.35. The van der Waals surface area contributed by atoms with Gasteiger partial charge in [-0.1, -0.05) is 30.3 Å². The summed E-state index contributed by atoms with van der Waals surface area (Å²) in [6, 6.07) is 12.7. The van der Waals surface area contributed by atoms with Crippen molar-refractivity contribution >= 4 is 23.1 Å². The molecule has 0 aliphatic carbocycles. The first-order valence-electron chi connectivity index (χ1n) is 10.5. The zero-order chi connectivity index (χ0) is 21.4. The minimum atomic E-state index is -0.460. The average Bonchev–Trinajstić information content (AvgIpc) is 3.03. The summed E-state index contributed by atoms with van der Waals surface area (Å²) < 4.78 is 5.97. The average molecular weight is 405 g/mol. The molecular weight excluding hydrogens is 376 g/mol. The standard InChI is InChI=1S/C25H28N2O3/c1-16-12-13-22(26(4)23-11-7-8-14-30-23)21(15-16)17(2)18(3)27-24(28)19-9-5-6-10-20(19)25(27)29/h5-6,9-10,12-13,15,18,23H,2,7-8,11,14H2,1,3-4H3. The van der Waals surface area contributed by atoms with E-state index in [1.54, 1.807) is 24.3 Å². The number of aryl methyl sites for hydroxylation is 1. The van der Waals surface area contributed by atoms with Gasteiger partial charge >= 0.3 is 0 Å². The lowest BCUT2D eigenvalue weighted by Gasteiger charge is -2.35. The number of fused-ring (bicyclic) bond motifs is 1. The molecule has 2 unspecified atom stereocenters. The van der Waals surface area contributed by atoms with Crippen LogP contribution in [0.15, 0.2) is 49.0 Å². The Morgan fingerprint density at radius 3 is 2.40 bits per heavy atom. The maximum Gasteiger partial charge on any atom is 0.262 e. The lowest BCUT2D eigenvalue weighted by atomic mass is 9.95. The van der Waals surface area contributed by atoms with E-state index in [4.69, 9.17) is 4.74 Å². The zero-order valence-electron chi connectivity index (χ0n) is 17.9. The van der Waals surface area contributed by atoms with Gasteiger partial charge in [-0.15, -0.1) is 0 Å². The maximum atomic E-state index is 13.0. The van der Waals surface area contributed by atoms with Crippen LogP contribution in [0.5, 0.6) is 0 Å². The van der Waals surface area contributed by atoms with Crippen LogP contribution >= 0.6 is 0 Å². The fourth-order valence-corrected chi connectivity index (χ4v) is 4.34. The van der Waals surface area contributed by atoms with Gasteiger partial charge in [0.05, 0.1) is 17.2 Å². The number of carbonyl (C=O) groups is 2. The summed E-state index contributed by atoms with van der Waals surface area (Å²) in [7, 11) is 2.03. The summed E-state index contributed by atoms with van der Waals surface area (Å²) in [6.45, 7) is 8.98. The van der Waals surface area contributed by atoms with E-state index in [1.807, 2.05) is 20.9 Å². The lowest BCUT2D eigenvalue weighted by Crippen LogP contribution is -2.40. The molecule has 0 saturated carbocycles. The normalized spacial score (nSPS) is 19.6. The molecule has 2 heterocycles. The predicted octanol–water partition coefficient (Wildman–Crippen LogP) is 4.66. The van der Waals surface area contributed by atoms with Crippen LogP contribution in [0.4, 0.5) is 5.69 Å². The second kappa shape index (κ2) is 8.07. The van der Waals surface area contributed by atoms with Gasteiger partial charge in [0, 0.05) is 24.9 Å². The molecule has 2 aromatic carbocycles. The third-order valence-corrected chi connectivity index (χ3v) is 6.18. The Labute approximate surface area is 177 Å². The summed E-state index contributed by atoms with van der Waals surface area (Å²) in [4.78, 5) is 29.4. The van der Waals surface area contributed by atoms with Crippen LogP contribution in [-0.4, -0.2) is 42.6 Å². The quantitative estimate of drug-likeness (QED) is 0.681. The number of carbonyl (C=O) groups excluding carboxylic acids is 2. The molecule has 1 fully saturated rings. The van der Waals surface area contributed by atoms with Crippen molar-refractivity contribution in [3.63, 3.8) is 0 Å². The Morgan fingerprint density at radius 1 is 1.13 bits per heavy atom. The van der Waals surface area contributed by atoms with E-state index in [9.17, 15) is 9.59 Å². The van der Waals surface area contributed by atoms with E-state index in [-0.39, 0.29) is 18.0 Å². The molecule has 0 spiro atoms. The first-order valence-corrected chi connectivity index (χ1v) is 10.5. The molecule has 2 amide bonds. The van der Waals surface area contributed by atoms with Crippen molar-refractivity contribution in [3.05, 3.63) is 71.3 Å². The van der Waals surface area contributed by atoms with Crippen molar-refractivity contribution in [2.45, 2.75) is 45.4 Å². The molecule has 0 N–H and O–H groups in total. The number of benzene rings is 2. The Bertz CT molecular complexity index is 972. The fourth-order valence-electron chi connectivity index (χ4n) is 4.34. The highest BCUT2D eigenvalue weighted by atomic mass is 16.5. The zero-order valence-corrected chi connectivity index (χ0v) is 17.9. The molecule has 30 heavy (non-hydrogen) atoms. The number of ether oxygens (including phenoxy) is 1. The first-order chi connectivity index (χ1) is 14.4. The van der Waals surface area contributed by atoms with E-state index < -0.39 is 6.04 Å². The molecule has 2 aliphatic rings. The van der Waals surface area contributed by atoms with Gasteiger partial charge in [-0.3, -0.25) is 14.5 Å². The Hall–Kier alpha value is -2.92. The van der Waals surface area contributed by atoms with Crippen molar-refractivity contribution in [2.24, 2.45) is 0 Å². The molecule has 0 bridgehead atoms. The Kier molecular flexibility index (Phi) is 5.48. The van der Waals surface area contributed by atoms with Gasteiger partial charge in [0.25, 0.3) is 11.8 Å². The molecule has 2 atom stereocenters. The van der Waals surface area contributed by atoms with Gasteiger partial charge in [-0.05, 0) is 62.9 Å². The number of amides is 2. The maximum absolute atomic E-state index is 13.0. The molecular formula is C25H28N2O3. The highest BCUT2D eigenvalue weighted by Gasteiger charge is 2.39. The molecule has 5 heteroatoms. The van der Waals surface area contributed by atoms with Crippen LogP contribution in [0.25, 0.3) is 5.57 Å². The summed E-state index contributed by atoms with van der Waals surface area (Å²) in [5.41, 5.74) is 4.70. The van der Waals surface area contributed by atoms with Crippen molar-refractivity contribution in [1.82, 2.24) is 4.90 Å². The Balaban J connectivity index is 1.66. The van der Waals surface area contributed by atoms with Crippen LogP contribution in [0.2, 0.25) is 0 Å². The largest absolute Gasteiger partial charge is 0.358 e. The van der Waals surface area contributed by atoms with Crippen molar-refractivity contribution in [3.8, 4) is 0 Å². The van der Waals surface area contributed by atoms with Crippen LogP contribution < -0.4 is 4.90 Å². The summed E-state index contributed by atoms with van der Waals surface area (Å²) in [5.74, 6) is -0.523. The van der Waals surface area contributed by atoms with Gasteiger partial charge < -0.3 is 9.64 Å². The second-order valence-corrected chi connectivity index (χ2v) is 8.18. The summed E-state index contributed by atoms with van der Waals surface area (Å²) >= 11 is 0. The SMILES string of the molecule is C=C(c1cc(C)ccc1N(C)C1CCCCO1)C(C)N1C(=O)c2ccccc2C1=O. The summed E-state index contributed by atoms with van der Waals surface area (Å²) in [5, 5.41) is 0. The first kappa shape index (κ1) is 20.4. The van der Waals surface area contributed by atoms with Crippen LogP contribution in [0.3, 0.4) is 0 Å². The van der Waals surface area contributed by atoms with Crippen LogP contribution in [0.1, 0.15) is 58.0 Å². The predicted molar refractivity (Wildman–Crippen MR) is 119 cm³/mol. The molecule has 4 rings (SSSR count). The lowest BCUT2D eigenvalue weighted by molar-refractivity contribution is 0.0173. The van der Waals surface area contributed by atoms with E-state index >= 15 is 0 Å². The van der Waals surface area contributed by atoms with E-state index in [1.165, 1.54) is 4.90 Å². The van der Waals surface area contributed by atoms with Gasteiger partial charge in [-0.25, -0.2) is 0 Å². The fraction of sp³-hybridized carbons (Fsp3) is 0.360. The van der Waals surface area contributed by atoms with E-state index in [0.717, 1.165) is 48.3 Å². The molecule has 156 valence electrons. The molecule has 1 saturated heterocycles. The second-order valence-electron chi connectivity index (χ2n) is 8.18. The molecule has 0 aromatic heterocycles. The minimum absolute atomic E-state index is 0.0163. The number of rotatable bonds is 5. The third kappa shape index (κ3) is 3.43. The smallest absolute Gasteiger partial charge is 0.262 e. The third-order valence-electron chi connectivity index (χ3n) is 6.18. The topological polar surface area (TPSA) is 49.9 Å².